The molecule has 0 aromatic heterocycles. The molecule has 3 nitrogen and oxygen atoms in total. The van der Waals surface area contributed by atoms with Crippen molar-refractivity contribution in [2.24, 2.45) is 5.92 Å². The van der Waals surface area contributed by atoms with Gasteiger partial charge in [0.05, 0.1) is 0 Å². The van der Waals surface area contributed by atoms with E-state index in [4.69, 9.17) is 9.47 Å². The van der Waals surface area contributed by atoms with Crippen LogP contribution in [0.5, 0.6) is 5.75 Å². The maximum atomic E-state index is 12.1. The third-order valence-electron chi connectivity index (χ3n) is 5.00. The highest BCUT2D eigenvalue weighted by atomic mass is 16.7. The van der Waals surface area contributed by atoms with Crippen molar-refractivity contribution in [1.82, 2.24) is 0 Å². The molecule has 0 spiro atoms. The summed E-state index contributed by atoms with van der Waals surface area (Å²) in [5.41, 5.74) is 2.19. The fraction of sp³-hybridized carbons (Fsp3) is 0.500. The molecular formula is C22H28O3. The van der Waals surface area contributed by atoms with Gasteiger partial charge in [-0.15, -0.1) is 0 Å². The second kappa shape index (κ2) is 6.36. The van der Waals surface area contributed by atoms with Crippen LogP contribution < -0.4 is 4.74 Å². The van der Waals surface area contributed by atoms with Crippen LogP contribution in [0.2, 0.25) is 0 Å². The summed E-state index contributed by atoms with van der Waals surface area (Å²) in [6, 6.07) is 10.4. The lowest BCUT2D eigenvalue weighted by Crippen LogP contribution is -2.26. The van der Waals surface area contributed by atoms with E-state index in [2.05, 4.69) is 39.0 Å². The van der Waals surface area contributed by atoms with Crippen LogP contribution in [0.4, 0.5) is 4.79 Å². The van der Waals surface area contributed by atoms with Crippen molar-refractivity contribution in [2.75, 3.05) is 0 Å². The normalized spacial score (nSPS) is 19.5. The summed E-state index contributed by atoms with van der Waals surface area (Å²) >= 11 is 0. The minimum Gasteiger partial charge on any atom is -0.428 e. The van der Waals surface area contributed by atoms with E-state index in [0.29, 0.717) is 23.5 Å². The summed E-state index contributed by atoms with van der Waals surface area (Å²) in [5, 5.41) is 2.26. The minimum absolute atomic E-state index is 0.514. The van der Waals surface area contributed by atoms with Gasteiger partial charge in [-0.3, -0.25) is 0 Å². The summed E-state index contributed by atoms with van der Waals surface area (Å²) in [6.07, 6.45) is 0.456. The molecule has 0 bridgehead atoms. The number of carbonyl (C=O) groups is 1. The number of ether oxygens (including phenoxy) is 2. The Morgan fingerprint density at radius 3 is 2.44 bits per heavy atom. The monoisotopic (exact) mass is 340 g/mol. The van der Waals surface area contributed by atoms with Gasteiger partial charge in [-0.05, 0) is 67.5 Å². The Hall–Kier alpha value is -2.03. The summed E-state index contributed by atoms with van der Waals surface area (Å²) in [4.78, 5) is 12.1. The molecular weight excluding hydrogens is 312 g/mol. The zero-order valence-corrected chi connectivity index (χ0v) is 16.1. The number of benzene rings is 2. The van der Waals surface area contributed by atoms with Crippen LogP contribution in [0.3, 0.4) is 0 Å². The van der Waals surface area contributed by atoms with Gasteiger partial charge in [0.15, 0.2) is 0 Å². The molecule has 0 saturated heterocycles. The molecule has 2 aromatic rings. The van der Waals surface area contributed by atoms with Crippen molar-refractivity contribution >= 4 is 16.9 Å². The maximum Gasteiger partial charge on any atom is 0.514 e. The number of hydrogen-bond acceptors (Lipinski definition) is 3. The molecule has 2 aromatic carbocycles. The van der Waals surface area contributed by atoms with Crippen LogP contribution in [-0.4, -0.2) is 11.8 Å². The average Bonchev–Trinajstić information content (AvgIpc) is 2.83. The lowest BCUT2D eigenvalue weighted by molar-refractivity contribution is 0.0209. The average molecular weight is 340 g/mol. The summed E-state index contributed by atoms with van der Waals surface area (Å²) in [7, 11) is 0. The summed E-state index contributed by atoms with van der Waals surface area (Å²) in [6.45, 7) is 12.3. The molecule has 1 aliphatic carbocycles. The number of rotatable bonds is 3. The first-order chi connectivity index (χ1) is 11.7. The van der Waals surface area contributed by atoms with E-state index in [1.807, 2.05) is 32.9 Å². The summed E-state index contributed by atoms with van der Waals surface area (Å²) in [5.74, 6) is 2.18. The number of hydrogen-bond donors (Lipinski definition) is 0. The molecule has 2 atom stereocenters. The predicted molar refractivity (Wildman–Crippen MR) is 101 cm³/mol. The lowest BCUT2D eigenvalue weighted by Gasteiger charge is -2.24. The van der Waals surface area contributed by atoms with Gasteiger partial charge in [-0.25, -0.2) is 4.79 Å². The Morgan fingerprint density at radius 1 is 1.12 bits per heavy atom. The van der Waals surface area contributed by atoms with E-state index < -0.39 is 11.8 Å². The SMILES string of the molecule is CCC1c2cccc3c(OC(=O)OC(C)(C)C)ccc(c23)C1C(C)C. The van der Waals surface area contributed by atoms with E-state index >= 15 is 0 Å². The van der Waals surface area contributed by atoms with Gasteiger partial charge in [0.1, 0.15) is 11.4 Å². The Labute approximate surface area is 150 Å². The van der Waals surface area contributed by atoms with Gasteiger partial charge in [0, 0.05) is 5.39 Å². The van der Waals surface area contributed by atoms with Gasteiger partial charge in [0.2, 0.25) is 0 Å². The maximum absolute atomic E-state index is 12.1. The van der Waals surface area contributed by atoms with Gasteiger partial charge in [-0.1, -0.05) is 45.0 Å². The van der Waals surface area contributed by atoms with Gasteiger partial charge in [0.25, 0.3) is 0 Å². The minimum atomic E-state index is -0.654. The second-order valence-electron chi connectivity index (χ2n) is 8.27. The molecule has 0 radical (unpaired) electrons. The molecule has 134 valence electrons. The van der Waals surface area contributed by atoms with Crippen LogP contribution >= 0.6 is 0 Å². The van der Waals surface area contributed by atoms with Crippen molar-refractivity contribution in [3.8, 4) is 5.75 Å². The van der Waals surface area contributed by atoms with Crippen molar-refractivity contribution in [3.63, 3.8) is 0 Å². The Morgan fingerprint density at radius 2 is 1.84 bits per heavy atom. The molecule has 0 aliphatic heterocycles. The molecule has 0 fully saturated rings. The van der Waals surface area contributed by atoms with Crippen LogP contribution in [0.1, 0.15) is 70.9 Å². The molecule has 2 unspecified atom stereocenters. The molecule has 1 aliphatic rings. The van der Waals surface area contributed by atoms with Gasteiger partial charge in [-0.2, -0.15) is 0 Å². The van der Waals surface area contributed by atoms with Crippen LogP contribution in [0.15, 0.2) is 30.3 Å². The fourth-order valence-corrected chi connectivity index (χ4v) is 4.18. The predicted octanol–water partition coefficient (Wildman–Crippen LogP) is 6.40. The van der Waals surface area contributed by atoms with E-state index in [-0.39, 0.29) is 0 Å². The van der Waals surface area contributed by atoms with Crippen LogP contribution in [0, 0.1) is 5.92 Å². The molecule has 3 heteroatoms. The molecule has 0 saturated carbocycles. The molecule has 0 heterocycles. The third kappa shape index (κ3) is 3.24. The molecule has 0 N–H and O–H groups in total. The zero-order chi connectivity index (χ0) is 18.4. The highest BCUT2D eigenvalue weighted by molar-refractivity contribution is 5.97. The first-order valence-corrected chi connectivity index (χ1v) is 9.19. The highest BCUT2D eigenvalue weighted by Gasteiger charge is 2.35. The number of carbonyl (C=O) groups excluding carboxylic acids is 1. The van der Waals surface area contributed by atoms with Gasteiger partial charge >= 0.3 is 6.16 Å². The first-order valence-electron chi connectivity index (χ1n) is 9.19. The van der Waals surface area contributed by atoms with E-state index in [9.17, 15) is 4.79 Å². The highest BCUT2D eigenvalue weighted by Crippen LogP contribution is 2.52. The quantitative estimate of drug-likeness (QED) is 0.479. The van der Waals surface area contributed by atoms with E-state index in [1.165, 1.54) is 16.5 Å². The Balaban J connectivity index is 2.06. The van der Waals surface area contributed by atoms with Crippen molar-refractivity contribution in [3.05, 3.63) is 41.5 Å². The summed E-state index contributed by atoms with van der Waals surface area (Å²) < 4.78 is 10.9. The molecule has 25 heavy (non-hydrogen) atoms. The zero-order valence-electron chi connectivity index (χ0n) is 16.1. The Bertz CT molecular complexity index is 799. The van der Waals surface area contributed by atoms with E-state index in [0.717, 1.165) is 11.8 Å². The van der Waals surface area contributed by atoms with Crippen molar-refractivity contribution < 1.29 is 14.3 Å². The molecule has 3 rings (SSSR count). The second-order valence-corrected chi connectivity index (χ2v) is 8.27. The largest absolute Gasteiger partial charge is 0.514 e. The van der Waals surface area contributed by atoms with Gasteiger partial charge < -0.3 is 9.47 Å². The third-order valence-corrected chi connectivity index (χ3v) is 5.00. The van der Waals surface area contributed by atoms with E-state index in [1.54, 1.807) is 0 Å². The smallest absolute Gasteiger partial charge is 0.428 e. The Kier molecular flexibility index (Phi) is 4.52. The topological polar surface area (TPSA) is 35.5 Å². The van der Waals surface area contributed by atoms with Crippen LogP contribution in [-0.2, 0) is 4.74 Å². The standard InChI is InChI=1S/C22H28O3/c1-7-14-15-9-8-10-16-18(24-21(23)25-22(4,5)6)12-11-17(20(15)16)19(14)13(2)3/h8-14,19H,7H2,1-6H3. The fourth-order valence-electron chi connectivity index (χ4n) is 4.18. The van der Waals surface area contributed by atoms with Crippen molar-refractivity contribution in [1.29, 1.82) is 0 Å². The van der Waals surface area contributed by atoms with Crippen molar-refractivity contribution in [2.45, 2.75) is 65.4 Å². The molecule has 0 amide bonds. The first kappa shape index (κ1) is 17.8. The lowest BCUT2D eigenvalue weighted by atomic mass is 9.80. The van der Waals surface area contributed by atoms with Crippen LogP contribution in [0.25, 0.3) is 10.8 Å².